The standard InChI is InChI=1S/C29H36BrN5O2/c1-3-25(36)19-8-11-22-26-23(35(33-22)20-9-6-18(7-10-20)17-4-5-17)12-13-34(24(26)14-19)29(37)21-15-32-28(30)16(2)27(21)31/h3,6-7,9-10,16-17,19,21,24,27-28,32H,1,4-5,8,11-15,31H2,2H3. The number of carbonyl (C=O) groups excluding carboxylic acids is 2. The van der Waals surface area contributed by atoms with E-state index in [9.17, 15) is 9.59 Å². The summed E-state index contributed by atoms with van der Waals surface area (Å²) < 4.78 is 2.09. The van der Waals surface area contributed by atoms with Gasteiger partial charge in [-0.3, -0.25) is 9.59 Å². The van der Waals surface area contributed by atoms with Crippen LogP contribution in [0.4, 0.5) is 0 Å². The van der Waals surface area contributed by atoms with Crippen molar-refractivity contribution in [1.82, 2.24) is 20.0 Å². The van der Waals surface area contributed by atoms with Gasteiger partial charge in [0.15, 0.2) is 5.78 Å². The number of hydrogen-bond acceptors (Lipinski definition) is 5. The molecule has 6 unspecified atom stereocenters. The molecule has 2 fully saturated rings. The number of nitrogens with two attached hydrogens (primary N) is 1. The average Bonchev–Trinajstić information content (AvgIpc) is 3.72. The van der Waals surface area contributed by atoms with E-state index in [0.717, 1.165) is 36.2 Å². The summed E-state index contributed by atoms with van der Waals surface area (Å²) in [5.41, 5.74) is 12.4. The number of carbonyl (C=O) groups is 2. The Labute approximate surface area is 227 Å². The number of nitrogens with zero attached hydrogens (tertiary/aromatic N) is 3. The van der Waals surface area contributed by atoms with Gasteiger partial charge >= 0.3 is 0 Å². The highest BCUT2D eigenvalue weighted by Crippen LogP contribution is 2.44. The quantitative estimate of drug-likeness (QED) is 0.327. The van der Waals surface area contributed by atoms with E-state index in [2.05, 4.69) is 63.7 Å². The molecule has 6 rings (SSSR count). The first-order valence-electron chi connectivity index (χ1n) is 13.7. The number of benzene rings is 1. The Morgan fingerprint density at radius 1 is 1.19 bits per heavy atom. The summed E-state index contributed by atoms with van der Waals surface area (Å²) in [6.45, 7) is 6.96. The van der Waals surface area contributed by atoms with Crippen LogP contribution < -0.4 is 11.1 Å². The number of aromatic nitrogens is 2. The minimum absolute atomic E-state index is 0.0556. The molecule has 3 N–H and O–H groups in total. The maximum atomic E-state index is 14.0. The van der Waals surface area contributed by atoms with Crippen LogP contribution in [0.1, 0.15) is 67.1 Å². The Morgan fingerprint density at radius 3 is 2.65 bits per heavy atom. The van der Waals surface area contributed by atoms with Crippen LogP contribution in [0.3, 0.4) is 0 Å². The van der Waals surface area contributed by atoms with Gasteiger partial charge in [0, 0.05) is 37.0 Å². The van der Waals surface area contributed by atoms with Crippen molar-refractivity contribution in [1.29, 1.82) is 0 Å². The van der Waals surface area contributed by atoms with E-state index in [-0.39, 0.29) is 46.5 Å². The first kappa shape index (κ1) is 25.0. The topological polar surface area (TPSA) is 93.2 Å². The minimum atomic E-state index is -0.296. The molecule has 0 radical (unpaired) electrons. The smallest absolute Gasteiger partial charge is 0.229 e. The van der Waals surface area contributed by atoms with Crippen LogP contribution in [0.15, 0.2) is 36.9 Å². The summed E-state index contributed by atoms with van der Waals surface area (Å²) in [6.07, 6.45) is 6.80. The molecule has 37 heavy (non-hydrogen) atoms. The molecule has 1 aromatic heterocycles. The molecule has 3 heterocycles. The number of halogens is 1. The van der Waals surface area contributed by atoms with Crippen LogP contribution in [0, 0.1) is 17.8 Å². The van der Waals surface area contributed by atoms with E-state index in [1.807, 2.05) is 4.90 Å². The van der Waals surface area contributed by atoms with E-state index in [1.54, 1.807) is 0 Å². The monoisotopic (exact) mass is 565 g/mol. The SMILES string of the molecule is C=CC(=O)C1CCc2nn(-c3ccc(C4CC4)cc3)c3c2C(C1)N(C(=O)C1CNC(Br)C(C)C1N)CC3. The zero-order valence-corrected chi connectivity index (χ0v) is 23.0. The van der Waals surface area contributed by atoms with Gasteiger partial charge in [0.2, 0.25) is 5.91 Å². The Bertz CT molecular complexity index is 1220. The van der Waals surface area contributed by atoms with Gasteiger partial charge in [-0.05, 0) is 67.7 Å². The van der Waals surface area contributed by atoms with Gasteiger partial charge in [-0.2, -0.15) is 5.10 Å². The first-order chi connectivity index (χ1) is 17.9. The second-order valence-electron chi connectivity index (χ2n) is 11.3. The van der Waals surface area contributed by atoms with Gasteiger partial charge in [-0.1, -0.05) is 41.6 Å². The fraction of sp³-hybridized carbons (Fsp3) is 0.552. The molecule has 6 atom stereocenters. The molecule has 2 aliphatic carbocycles. The third kappa shape index (κ3) is 4.41. The molecule has 2 aromatic rings. The van der Waals surface area contributed by atoms with Crippen LogP contribution in [-0.2, 0) is 22.4 Å². The van der Waals surface area contributed by atoms with Gasteiger partial charge in [0.1, 0.15) is 0 Å². The lowest BCUT2D eigenvalue weighted by Crippen LogP contribution is -2.59. The summed E-state index contributed by atoms with van der Waals surface area (Å²) in [4.78, 5) is 28.9. The zero-order valence-electron chi connectivity index (χ0n) is 21.4. The lowest BCUT2D eigenvalue weighted by molar-refractivity contribution is -0.141. The number of alkyl halides is 1. The van der Waals surface area contributed by atoms with Crippen molar-refractivity contribution < 1.29 is 9.59 Å². The third-order valence-corrected chi connectivity index (χ3v) is 10.2. The number of allylic oxidation sites excluding steroid dienone is 1. The molecule has 1 saturated heterocycles. The predicted molar refractivity (Wildman–Crippen MR) is 147 cm³/mol. The summed E-state index contributed by atoms with van der Waals surface area (Å²) >= 11 is 3.64. The second-order valence-corrected chi connectivity index (χ2v) is 12.3. The minimum Gasteiger partial charge on any atom is -0.335 e. The van der Waals surface area contributed by atoms with Gasteiger partial charge < -0.3 is 16.0 Å². The highest BCUT2D eigenvalue weighted by molar-refractivity contribution is 9.09. The molecular weight excluding hydrogens is 530 g/mol. The number of aryl methyl sites for hydroxylation is 1. The molecule has 0 spiro atoms. The molecular formula is C29H36BrN5O2. The van der Waals surface area contributed by atoms with E-state index >= 15 is 0 Å². The number of rotatable bonds is 5. The highest BCUT2D eigenvalue weighted by Gasteiger charge is 2.45. The lowest BCUT2D eigenvalue weighted by atomic mass is 9.83. The molecule has 4 aliphatic rings. The van der Waals surface area contributed by atoms with Crippen LogP contribution >= 0.6 is 15.9 Å². The molecule has 1 aromatic carbocycles. The molecule has 1 amide bonds. The first-order valence-corrected chi connectivity index (χ1v) is 14.6. The summed E-state index contributed by atoms with van der Waals surface area (Å²) in [5.74, 6) is 0.530. The highest BCUT2D eigenvalue weighted by atomic mass is 79.9. The Kier molecular flexibility index (Phi) is 6.62. The largest absolute Gasteiger partial charge is 0.335 e. The van der Waals surface area contributed by atoms with Gasteiger partial charge in [-0.25, -0.2) is 4.68 Å². The number of ketones is 1. The number of hydrogen-bond donors (Lipinski definition) is 2. The molecule has 196 valence electrons. The zero-order chi connectivity index (χ0) is 25.8. The third-order valence-electron chi connectivity index (χ3n) is 9.09. The number of piperidine rings is 1. The molecule has 1 saturated carbocycles. The van der Waals surface area contributed by atoms with Crippen LogP contribution in [0.25, 0.3) is 5.69 Å². The van der Waals surface area contributed by atoms with Crippen molar-refractivity contribution in [3.05, 3.63) is 59.4 Å². The summed E-state index contributed by atoms with van der Waals surface area (Å²) in [7, 11) is 0. The summed E-state index contributed by atoms with van der Waals surface area (Å²) in [5, 5.41) is 8.50. The average molecular weight is 567 g/mol. The van der Waals surface area contributed by atoms with E-state index in [1.165, 1.54) is 30.2 Å². The normalized spacial score (nSPS) is 31.4. The Hall–Kier alpha value is -2.29. The van der Waals surface area contributed by atoms with Crippen LogP contribution in [-0.4, -0.2) is 50.5 Å². The van der Waals surface area contributed by atoms with Gasteiger partial charge in [0.25, 0.3) is 0 Å². The number of nitrogens with one attached hydrogen (secondary N) is 1. The molecule has 7 nitrogen and oxygen atoms in total. The maximum Gasteiger partial charge on any atom is 0.229 e. The maximum absolute atomic E-state index is 14.0. The van der Waals surface area contributed by atoms with Crippen molar-refractivity contribution in [2.45, 2.75) is 68.4 Å². The molecule has 0 bridgehead atoms. The summed E-state index contributed by atoms with van der Waals surface area (Å²) in [6, 6.07) is 8.42. The van der Waals surface area contributed by atoms with Crippen molar-refractivity contribution in [3.63, 3.8) is 0 Å². The Morgan fingerprint density at radius 2 is 1.95 bits per heavy atom. The van der Waals surface area contributed by atoms with Gasteiger partial charge in [-0.15, -0.1) is 0 Å². The fourth-order valence-corrected chi connectivity index (χ4v) is 7.14. The fourth-order valence-electron chi connectivity index (χ4n) is 6.60. The van der Waals surface area contributed by atoms with Crippen LogP contribution in [0.2, 0.25) is 0 Å². The van der Waals surface area contributed by atoms with E-state index < -0.39 is 0 Å². The Balaban J connectivity index is 1.36. The predicted octanol–water partition coefficient (Wildman–Crippen LogP) is 3.79. The van der Waals surface area contributed by atoms with Crippen molar-refractivity contribution >= 4 is 27.6 Å². The van der Waals surface area contributed by atoms with Gasteiger partial charge in [0.05, 0.1) is 34.0 Å². The van der Waals surface area contributed by atoms with Crippen molar-refractivity contribution in [2.24, 2.45) is 23.5 Å². The van der Waals surface area contributed by atoms with E-state index in [0.29, 0.717) is 25.4 Å². The van der Waals surface area contributed by atoms with Crippen molar-refractivity contribution in [3.8, 4) is 5.69 Å². The van der Waals surface area contributed by atoms with E-state index in [4.69, 9.17) is 10.8 Å². The molecule has 2 aliphatic heterocycles. The lowest BCUT2D eigenvalue weighted by Gasteiger charge is -2.43. The van der Waals surface area contributed by atoms with Crippen molar-refractivity contribution in [2.75, 3.05) is 13.1 Å². The number of amides is 1. The molecule has 8 heteroatoms. The van der Waals surface area contributed by atoms with Crippen LogP contribution in [0.5, 0.6) is 0 Å². The second kappa shape index (κ2) is 9.79.